The van der Waals surface area contributed by atoms with Crippen molar-refractivity contribution < 1.29 is 14.3 Å². The van der Waals surface area contributed by atoms with Crippen LogP contribution in [0.1, 0.15) is 39.5 Å². The molecule has 0 spiro atoms. The molecule has 0 saturated heterocycles. The highest BCUT2D eigenvalue weighted by Crippen LogP contribution is 2.00. The van der Waals surface area contributed by atoms with Gasteiger partial charge in [0, 0.05) is 26.1 Å². The number of carbonyl (C=O) groups is 2. The van der Waals surface area contributed by atoms with Crippen LogP contribution >= 0.6 is 0 Å². The van der Waals surface area contributed by atoms with Crippen molar-refractivity contribution >= 4 is 12.0 Å². The number of nitrogens with one attached hydrogen (secondary N) is 1. The Morgan fingerprint density at radius 3 is 2.29 bits per heavy atom. The summed E-state index contributed by atoms with van der Waals surface area (Å²) in [6.07, 6.45) is 3.09. The minimum atomic E-state index is -0.169. The highest BCUT2D eigenvalue weighted by molar-refractivity contribution is 5.74. The maximum absolute atomic E-state index is 11.5. The molecule has 0 heterocycles. The number of amides is 2. The zero-order valence-corrected chi connectivity index (χ0v) is 11.1. The third kappa shape index (κ3) is 7.60. The minimum Gasteiger partial charge on any atom is -0.469 e. The van der Waals surface area contributed by atoms with Crippen LogP contribution in [0.15, 0.2) is 0 Å². The van der Waals surface area contributed by atoms with E-state index in [0.29, 0.717) is 13.0 Å². The lowest BCUT2D eigenvalue weighted by atomic mass is 10.2. The Morgan fingerprint density at radius 1 is 1.12 bits per heavy atom. The Hall–Kier alpha value is -1.26. The van der Waals surface area contributed by atoms with E-state index >= 15 is 0 Å². The Kier molecular flexibility index (Phi) is 9.19. The maximum atomic E-state index is 11.5. The lowest BCUT2D eigenvalue weighted by Crippen LogP contribution is -2.40. The number of nitrogens with zero attached hydrogens (tertiary/aromatic N) is 1. The number of carbonyl (C=O) groups excluding carboxylic acids is 2. The van der Waals surface area contributed by atoms with Gasteiger partial charge in [-0.1, -0.05) is 6.42 Å². The fourth-order valence-electron chi connectivity index (χ4n) is 1.49. The molecule has 0 saturated carbocycles. The molecule has 100 valence electrons. The predicted molar refractivity (Wildman–Crippen MR) is 66.8 cm³/mol. The average Bonchev–Trinajstić information content (AvgIpc) is 2.34. The molecule has 0 bridgehead atoms. The van der Waals surface area contributed by atoms with Crippen molar-refractivity contribution in [3.05, 3.63) is 0 Å². The monoisotopic (exact) mass is 244 g/mol. The lowest BCUT2D eigenvalue weighted by molar-refractivity contribution is -0.140. The molecule has 0 radical (unpaired) electrons. The van der Waals surface area contributed by atoms with Crippen molar-refractivity contribution in [2.75, 3.05) is 26.7 Å². The zero-order chi connectivity index (χ0) is 13.1. The van der Waals surface area contributed by atoms with E-state index in [-0.39, 0.29) is 12.0 Å². The predicted octanol–water partition coefficient (Wildman–Crippen LogP) is 1.77. The van der Waals surface area contributed by atoms with Crippen molar-refractivity contribution in [3.63, 3.8) is 0 Å². The smallest absolute Gasteiger partial charge is 0.317 e. The standard InChI is InChI=1S/C12H24N2O3/c1-4-14(5-2)12(16)13-10-8-6-7-9-11(15)17-3/h4-10H2,1-3H3,(H,13,16). The van der Waals surface area contributed by atoms with Crippen molar-refractivity contribution in [2.24, 2.45) is 0 Å². The van der Waals surface area contributed by atoms with Gasteiger partial charge in [0.05, 0.1) is 7.11 Å². The molecule has 0 aliphatic heterocycles. The van der Waals surface area contributed by atoms with Crippen molar-refractivity contribution in [2.45, 2.75) is 39.5 Å². The zero-order valence-electron chi connectivity index (χ0n) is 11.1. The fraction of sp³-hybridized carbons (Fsp3) is 0.833. The van der Waals surface area contributed by atoms with E-state index in [1.165, 1.54) is 7.11 Å². The number of unbranched alkanes of at least 4 members (excludes halogenated alkanes) is 2. The van der Waals surface area contributed by atoms with Gasteiger partial charge in [-0.05, 0) is 26.7 Å². The van der Waals surface area contributed by atoms with Crippen LogP contribution in [0.5, 0.6) is 0 Å². The van der Waals surface area contributed by atoms with Crippen LogP contribution in [-0.4, -0.2) is 43.6 Å². The molecule has 0 aliphatic rings. The minimum absolute atomic E-state index is 0.0111. The number of esters is 1. The van der Waals surface area contributed by atoms with E-state index < -0.39 is 0 Å². The van der Waals surface area contributed by atoms with Gasteiger partial charge in [-0.25, -0.2) is 4.79 Å². The molecule has 17 heavy (non-hydrogen) atoms. The molecule has 0 atom stereocenters. The molecule has 1 N–H and O–H groups in total. The van der Waals surface area contributed by atoms with Gasteiger partial charge in [-0.3, -0.25) is 4.79 Å². The van der Waals surface area contributed by atoms with E-state index in [4.69, 9.17) is 0 Å². The summed E-state index contributed by atoms with van der Waals surface area (Å²) in [4.78, 5) is 24.1. The lowest BCUT2D eigenvalue weighted by Gasteiger charge is -2.19. The first-order valence-electron chi connectivity index (χ1n) is 6.25. The van der Waals surface area contributed by atoms with Crippen LogP contribution in [0.3, 0.4) is 0 Å². The molecule has 5 nitrogen and oxygen atoms in total. The Morgan fingerprint density at radius 2 is 1.76 bits per heavy atom. The Balaban J connectivity index is 3.45. The van der Waals surface area contributed by atoms with E-state index in [1.807, 2.05) is 13.8 Å². The van der Waals surface area contributed by atoms with E-state index in [1.54, 1.807) is 4.90 Å². The van der Waals surface area contributed by atoms with Gasteiger partial charge in [-0.2, -0.15) is 0 Å². The number of rotatable bonds is 8. The number of hydrogen-bond acceptors (Lipinski definition) is 3. The highest BCUT2D eigenvalue weighted by Gasteiger charge is 2.07. The van der Waals surface area contributed by atoms with Gasteiger partial charge >= 0.3 is 12.0 Å². The van der Waals surface area contributed by atoms with Crippen LogP contribution in [0.2, 0.25) is 0 Å². The second kappa shape index (κ2) is 9.93. The third-order valence-electron chi connectivity index (χ3n) is 2.61. The first kappa shape index (κ1) is 15.7. The Labute approximate surface area is 103 Å². The van der Waals surface area contributed by atoms with Gasteiger partial charge in [0.1, 0.15) is 0 Å². The van der Waals surface area contributed by atoms with Crippen LogP contribution in [0.4, 0.5) is 4.79 Å². The van der Waals surface area contributed by atoms with Crippen molar-refractivity contribution in [1.82, 2.24) is 10.2 Å². The summed E-state index contributed by atoms with van der Waals surface area (Å²) in [7, 11) is 1.40. The largest absolute Gasteiger partial charge is 0.469 e. The third-order valence-corrected chi connectivity index (χ3v) is 2.61. The average molecular weight is 244 g/mol. The van der Waals surface area contributed by atoms with Crippen molar-refractivity contribution in [1.29, 1.82) is 0 Å². The molecule has 0 rings (SSSR count). The van der Waals surface area contributed by atoms with E-state index in [2.05, 4.69) is 10.1 Å². The van der Waals surface area contributed by atoms with Crippen LogP contribution < -0.4 is 5.32 Å². The summed E-state index contributed by atoms with van der Waals surface area (Å²) in [5, 5.41) is 2.86. The molecule has 0 aromatic heterocycles. The van der Waals surface area contributed by atoms with Gasteiger partial charge in [0.15, 0.2) is 0 Å². The van der Waals surface area contributed by atoms with Gasteiger partial charge in [0.2, 0.25) is 0 Å². The molecular formula is C12H24N2O3. The number of ether oxygens (including phenoxy) is 1. The SMILES string of the molecule is CCN(CC)C(=O)NCCCCCC(=O)OC. The Bertz CT molecular complexity index is 228. The van der Waals surface area contributed by atoms with Gasteiger partial charge < -0.3 is 15.0 Å². The summed E-state index contributed by atoms with van der Waals surface area (Å²) >= 11 is 0. The number of urea groups is 1. The molecule has 0 aliphatic carbocycles. The molecule has 0 aromatic rings. The van der Waals surface area contributed by atoms with E-state index in [9.17, 15) is 9.59 Å². The summed E-state index contributed by atoms with van der Waals surface area (Å²) in [6.45, 7) is 6.03. The molecular weight excluding hydrogens is 220 g/mol. The van der Waals surface area contributed by atoms with Crippen LogP contribution in [0.25, 0.3) is 0 Å². The van der Waals surface area contributed by atoms with Crippen LogP contribution in [-0.2, 0) is 9.53 Å². The summed E-state index contributed by atoms with van der Waals surface area (Å²) < 4.78 is 4.54. The summed E-state index contributed by atoms with van der Waals surface area (Å²) in [5.74, 6) is -0.169. The second-order valence-corrected chi connectivity index (χ2v) is 3.79. The first-order chi connectivity index (χ1) is 8.15. The quantitative estimate of drug-likeness (QED) is 0.523. The number of methoxy groups -OCH3 is 1. The van der Waals surface area contributed by atoms with Gasteiger partial charge in [0.25, 0.3) is 0 Å². The van der Waals surface area contributed by atoms with Crippen molar-refractivity contribution in [3.8, 4) is 0 Å². The van der Waals surface area contributed by atoms with E-state index in [0.717, 1.165) is 32.4 Å². The highest BCUT2D eigenvalue weighted by atomic mass is 16.5. The molecule has 0 aromatic carbocycles. The fourth-order valence-corrected chi connectivity index (χ4v) is 1.49. The second-order valence-electron chi connectivity index (χ2n) is 3.79. The number of hydrogen-bond donors (Lipinski definition) is 1. The molecule has 0 unspecified atom stereocenters. The molecule has 0 fully saturated rings. The summed E-state index contributed by atoms with van der Waals surface area (Å²) in [6, 6.07) is -0.0111. The molecule has 5 heteroatoms. The summed E-state index contributed by atoms with van der Waals surface area (Å²) in [5.41, 5.74) is 0. The molecule has 2 amide bonds. The first-order valence-corrected chi connectivity index (χ1v) is 6.25. The van der Waals surface area contributed by atoms with Crippen LogP contribution in [0, 0.1) is 0 Å². The topological polar surface area (TPSA) is 58.6 Å². The van der Waals surface area contributed by atoms with Gasteiger partial charge in [-0.15, -0.1) is 0 Å². The normalized spacial score (nSPS) is 9.82. The maximum Gasteiger partial charge on any atom is 0.317 e.